The van der Waals surface area contributed by atoms with Crippen LogP contribution in [0.2, 0.25) is 0 Å². The van der Waals surface area contributed by atoms with Crippen LogP contribution in [0.25, 0.3) is 0 Å². The molecule has 1 aliphatic carbocycles. The molecule has 14 heavy (non-hydrogen) atoms. The number of aliphatic carboxylic acids is 1. The summed E-state index contributed by atoms with van der Waals surface area (Å²) < 4.78 is 0. The Morgan fingerprint density at radius 1 is 1.57 bits per heavy atom. The maximum Gasteiger partial charge on any atom is 0.304 e. The molecule has 1 saturated heterocycles. The minimum atomic E-state index is -0.784. The Kier molecular flexibility index (Phi) is 2.21. The average molecular weight is 197 g/mol. The van der Waals surface area contributed by atoms with E-state index in [-0.39, 0.29) is 23.7 Å². The fourth-order valence-corrected chi connectivity index (χ4v) is 2.89. The van der Waals surface area contributed by atoms with E-state index in [1.165, 1.54) is 0 Å². The van der Waals surface area contributed by atoms with Crippen LogP contribution in [0.15, 0.2) is 0 Å². The van der Waals surface area contributed by atoms with Gasteiger partial charge in [0.15, 0.2) is 0 Å². The summed E-state index contributed by atoms with van der Waals surface area (Å²) in [6.07, 6.45) is 3.98. The molecule has 2 rings (SSSR count). The van der Waals surface area contributed by atoms with Gasteiger partial charge in [0.05, 0.1) is 6.42 Å². The molecule has 1 amide bonds. The maximum absolute atomic E-state index is 11.5. The van der Waals surface area contributed by atoms with Crippen molar-refractivity contribution in [3.8, 4) is 0 Å². The second-order valence-corrected chi connectivity index (χ2v) is 4.45. The van der Waals surface area contributed by atoms with Crippen molar-refractivity contribution in [3.63, 3.8) is 0 Å². The van der Waals surface area contributed by atoms with Crippen molar-refractivity contribution < 1.29 is 14.7 Å². The van der Waals surface area contributed by atoms with Crippen LogP contribution in [0.5, 0.6) is 0 Å². The molecule has 0 aromatic rings. The van der Waals surface area contributed by atoms with Crippen molar-refractivity contribution >= 4 is 11.9 Å². The van der Waals surface area contributed by atoms with Crippen molar-refractivity contribution in [2.45, 2.75) is 32.1 Å². The molecule has 0 aromatic carbocycles. The van der Waals surface area contributed by atoms with E-state index in [9.17, 15) is 9.59 Å². The zero-order valence-corrected chi connectivity index (χ0v) is 8.08. The van der Waals surface area contributed by atoms with Gasteiger partial charge in [-0.25, -0.2) is 0 Å². The number of carboxylic acid groups (broad SMARTS) is 1. The lowest BCUT2D eigenvalue weighted by atomic mass is 9.66. The molecule has 0 bridgehead atoms. The predicted octanol–water partition coefficient (Wildman–Crippen LogP) is 0.768. The zero-order chi connectivity index (χ0) is 10.2. The van der Waals surface area contributed by atoms with Crippen molar-refractivity contribution in [2.24, 2.45) is 11.3 Å². The number of rotatable bonds is 2. The molecule has 0 radical (unpaired) electrons. The zero-order valence-electron chi connectivity index (χ0n) is 8.08. The Balaban J connectivity index is 2.20. The molecule has 1 aliphatic heterocycles. The summed E-state index contributed by atoms with van der Waals surface area (Å²) in [6, 6.07) is 0. The van der Waals surface area contributed by atoms with E-state index in [1.54, 1.807) is 0 Å². The van der Waals surface area contributed by atoms with Crippen LogP contribution in [-0.4, -0.2) is 23.5 Å². The standard InChI is InChI=1S/C10H15NO3/c12-8(13)5-10-4-2-1-3-7(10)9(14)11-6-10/h7H,1-6H2,(H,11,14)(H,12,13). The lowest BCUT2D eigenvalue weighted by Gasteiger charge is -2.35. The number of hydrogen-bond acceptors (Lipinski definition) is 2. The Morgan fingerprint density at radius 3 is 3.07 bits per heavy atom. The van der Waals surface area contributed by atoms with Gasteiger partial charge in [-0.05, 0) is 12.8 Å². The molecule has 2 aliphatic rings. The summed E-state index contributed by atoms with van der Waals surface area (Å²) in [5, 5.41) is 11.7. The van der Waals surface area contributed by atoms with Crippen LogP contribution < -0.4 is 5.32 Å². The van der Waals surface area contributed by atoms with E-state index in [1.807, 2.05) is 0 Å². The first-order valence-corrected chi connectivity index (χ1v) is 5.14. The van der Waals surface area contributed by atoms with Crippen LogP contribution in [-0.2, 0) is 9.59 Å². The maximum atomic E-state index is 11.5. The molecule has 2 atom stereocenters. The van der Waals surface area contributed by atoms with Crippen LogP contribution in [0.1, 0.15) is 32.1 Å². The van der Waals surface area contributed by atoms with E-state index in [0.29, 0.717) is 6.54 Å². The topological polar surface area (TPSA) is 66.4 Å². The minimum absolute atomic E-state index is 0.0488. The number of nitrogens with one attached hydrogen (secondary N) is 1. The lowest BCUT2D eigenvalue weighted by Crippen LogP contribution is -2.36. The van der Waals surface area contributed by atoms with E-state index < -0.39 is 5.97 Å². The second-order valence-electron chi connectivity index (χ2n) is 4.45. The van der Waals surface area contributed by atoms with E-state index in [2.05, 4.69) is 5.32 Å². The minimum Gasteiger partial charge on any atom is -0.481 e. The highest BCUT2D eigenvalue weighted by atomic mass is 16.4. The Hall–Kier alpha value is -1.06. The Bertz CT molecular complexity index is 277. The van der Waals surface area contributed by atoms with Crippen LogP contribution in [0.3, 0.4) is 0 Å². The highest BCUT2D eigenvalue weighted by molar-refractivity contribution is 5.83. The van der Waals surface area contributed by atoms with Gasteiger partial charge in [-0.15, -0.1) is 0 Å². The van der Waals surface area contributed by atoms with Crippen molar-refractivity contribution in [1.82, 2.24) is 5.32 Å². The highest BCUT2D eigenvalue weighted by Crippen LogP contribution is 2.46. The quantitative estimate of drug-likeness (QED) is 0.687. The van der Waals surface area contributed by atoms with Gasteiger partial charge in [-0.3, -0.25) is 9.59 Å². The number of carbonyl (C=O) groups is 2. The monoisotopic (exact) mass is 197 g/mol. The molecular formula is C10H15NO3. The predicted molar refractivity (Wildman–Crippen MR) is 49.7 cm³/mol. The van der Waals surface area contributed by atoms with Crippen molar-refractivity contribution in [2.75, 3.05) is 6.54 Å². The van der Waals surface area contributed by atoms with Gasteiger partial charge in [0.2, 0.25) is 5.91 Å². The third-order valence-corrected chi connectivity index (χ3v) is 3.59. The van der Waals surface area contributed by atoms with Crippen LogP contribution in [0, 0.1) is 11.3 Å². The summed E-state index contributed by atoms with van der Waals surface area (Å²) in [5.41, 5.74) is -0.277. The molecule has 78 valence electrons. The molecule has 0 spiro atoms. The number of fused-ring (bicyclic) bond motifs is 1. The third-order valence-electron chi connectivity index (χ3n) is 3.59. The second kappa shape index (κ2) is 3.26. The fourth-order valence-electron chi connectivity index (χ4n) is 2.89. The van der Waals surface area contributed by atoms with Crippen LogP contribution in [0.4, 0.5) is 0 Å². The Labute approximate surface area is 82.7 Å². The molecule has 0 aromatic heterocycles. The summed E-state index contributed by atoms with van der Waals surface area (Å²) >= 11 is 0. The summed E-state index contributed by atoms with van der Waals surface area (Å²) in [7, 11) is 0. The van der Waals surface area contributed by atoms with Gasteiger partial charge in [-0.1, -0.05) is 12.8 Å². The number of carboxylic acids is 1. The average Bonchev–Trinajstić information content (AvgIpc) is 2.44. The van der Waals surface area contributed by atoms with E-state index >= 15 is 0 Å². The summed E-state index contributed by atoms with van der Waals surface area (Å²) in [6.45, 7) is 0.558. The number of carbonyl (C=O) groups excluding carboxylic acids is 1. The van der Waals surface area contributed by atoms with Crippen molar-refractivity contribution in [3.05, 3.63) is 0 Å². The van der Waals surface area contributed by atoms with Crippen molar-refractivity contribution in [1.29, 1.82) is 0 Å². The first-order chi connectivity index (χ1) is 6.64. The third kappa shape index (κ3) is 1.38. The number of hydrogen-bond donors (Lipinski definition) is 2. The molecule has 2 unspecified atom stereocenters. The molecule has 4 heteroatoms. The summed E-state index contributed by atoms with van der Waals surface area (Å²) in [5.74, 6) is -0.772. The first-order valence-electron chi connectivity index (χ1n) is 5.14. The van der Waals surface area contributed by atoms with Crippen LogP contribution >= 0.6 is 0 Å². The fraction of sp³-hybridized carbons (Fsp3) is 0.800. The van der Waals surface area contributed by atoms with E-state index in [4.69, 9.17) is 5.11 Å². The van der Waals surface area contributed by atoms with Gasteiger partial charge < -0.3 is 10.4 Å². The Morgan fingerprint density at radius 2 is 2.36 bits per heavy atom. The lowest BCUT2D eigenvalue weighted by molar-refractivity contribution is -0.141. The van der Waals surface area contributed by atoms with E-state index in [0.717, 1.165) is 25.7 Å². The smallest absolute Gasteiger partial charge is 0.304 e. The molecule has 4 nitrogen and oxygen atoms in total. The molecule has 2 N–H and O–H groups in total. The molecular weight excluding hydrogens is 182 g/mol. The SMILES string of the molecule is O=C(O)CC12CCCCC1C(=O)NC2. The van der Waals surface area contributed by atoms with Gasteiger partial charge in [0, 0.05) is 17.9 Å². The first kappa shape index (κ1) is 9.49. The largest absolute Gasteiger partial charge is 0.481 e. The van der Waals surface area contributed by atoms with Gasteiger partial charge in [-0.2, -0.15) is 0 Å². The van der Waals surface area contributed by atoms with Gasteiger partial charge in [0.25, 0.3) is 0 Å². The molecule has 1 heterocycles. The van der Waals surface area contributed by atoms with Gasteiger partial charge >= 0.3 is 5.97 Å². The van der Waals surface area contributed by atoms with Gasteiger partial charge in [0.1, 0.15) is 0 Å². The summed E-state index contributed by atoms with van der Waals surface area (Å²) in [4.78, 5) is 22.3. The molecule has 2 fully saturated rings. The highest BCUT2D eigenvalue weighted by Gasteiger charge is 2.50. The normalized spacial score (nSPS) is 36.3. The molecule has 1 saturated carbocycles. The number of amides is 1.